The fraction of sp³-hybridized carbons (Fsp3) is 0.324. The predicted molar refractivity (Wildman–Crippen MR) is 201 cm³/mol. The Balaban J connectivity index is 1.17. The Hall–Kier alpha value is -3.29. The van der Waals surface area contributed by atoms with Gasteiger partial charge in [0.25, 0.3) is 0 Å². The van der Waals surface area contributed by atoms with Gasteiger partial charge in [-0.05, 0) is 55.7 Å². The van der Waals surface area contributed by atoms with E-state index < -0.39 is 30.0 Å². The molecule has 6 aromatic rings. The van der Waals surface area contributed by atoms with Crippen molar-refractivity contribution in [3.8, 4) is 0 Å². The second kappa shape index (κ2) is 16.6. The van der Waals surface area contributed by atoms with Crippen molar-refractivity contribution >= 4 is 98.4 Å². The number of carbonyl (C=O) groups excluding carboxylic acids is 2. The number of thiazole rings is 1. The molecule has 0 amide bonds. The van der Waals surface area contributed by atoms with E-state index in [0.717, 1.165) is 36.6 Å². The Morgan fingerprint density at radius 2 is 1.27 bits per heavy atom. The number of hydrogen-bond donors (Lipinski definition) is 2. The number of para-hydroxylation sites is 5. The maximum absolute atomic E-state index is 14.4. The molecule has 3 aromatic heterocycles. The second-order valence-electron chi connectivity index (χ2n) is 11.2. The van der Waals surface area contributed by atoms with Crippen LogP contribution in [0.3, 0.4) is 0 Å². The zero-order valence-corrected chi connectivity index (χ0v) is 31.2. The first-order chi connectivity index (χ1) is 23.8. The van der Waals surface area contributed by atoms with E-state index in [1.54, 1.807) is 11.3 Å². The van der Waals surface area contributed by atoms with Crippen LogP contribution in [0.1, 0.15) is 46.0 Å². The molecule has 0 saturated carbocycles. The van der Waals surface area contributed by atoms with Gasteiger partial charge in [-0.25, -0.2) is 19.5 Å². The third-order valence-corrected chi connectivity index (χ3v) is 13.7. The van der Waals surface area contributed by atoms with E-state index in [2.05, 4.69) is 24.9 Å². The van der Waals surface area contributed by atoms with Crippen molar-refractivity contribution in [2.45, 2.75) is 71.1 Å². The Bertz CT molecular complexity index is 1900. The summed E-state index contributed by atoms with van der Waals surface area (Å²) in [4.78, 5) is 47.7. The van der Waals surface area contributed by atoms with Crippen molar-refractivity contribution in [2.75, 3.05) is 11.9 Å². The molecule has 2 N–H and O–H groups in total. The van der Waals surface area contributed by atoms with E-state index in [0.29, 0.717) is 48.2 Å². The van der Waals surface area contributed by atoms with Gasteiger partial charge in [-0.2, -0.15) is 0 Å². The number of rotatable bonds is 17. The van der Waals surface area contributed by atoms with Crippen LogP contribution >= 0.6 is 54.2 Å². The summed E-state index contributed by atoms with van der Waals surface area (Å²) in [7, 11) is -4.22. The van der Waals surface area contributed by atoms with Gasteiger partial charge in [0, 0.05) is 5.75 Å². The van der Waals surface area contributed by atoms with Crippen LogP contribution in [0.2, 0.25) is 0 Å². The number of thioether (sulfide) groups is 3. The molecule has 15 heteroatoms. The Morgan fingerprint density at radius 3 is 1.78 bits per heavy atom. The van der Waals surface area contributed by atoms with E-state index in [-0.39, 0.29) is 6.16 Å². The summed E-state index contributed by atoms with van der Waals surface area (Å²) in [6, 6.07) is 23.1. The number of nitrogens with zero attached hydrogens (tertiary/aromatic N) is 3. The lowest BCUT2D eigenvalue weighted by molar-refractivity contribution is -0.138. The minimum atomic E-state index is -4.22. The zero-order chi connectivity index (χ0) is 34.2. The van der Waals surface area contributed by atoms with Crippen LogP contribution in [-0.2, 0) is 23.2 Å². The molecule has 0 spiro atoms. The molecule has 0 fully saturated rings. The fourth-order valence-electron chi connectivity index (χ4n) is 5.05. The van der Waals surface area contributed by atoms with Crippen molar-refractivity contribution in [1.82, 2.24) is 24.9 Å². The third kappa shape index (κ3) is 9.29. The molecule has 3 aromatic carbocycles. The highest BCUT2D eigenvalue weighted by Gasteiger charge is 2.38. The van der Waals surface area contributed by atoms with Crippen LogP contribution in [0, 0.1) is 0 Å². The molecule has 0 radical (unpaired) electrons. The number of fused-ring (bicyclic) bond motifs is 3. The quantitative estimate of drug-likeness (QED) is 0.0523. The fourth-order valence-corrected chi connectivity index (χ4v) is 11.2. The average molecular weight is 754 g/mol. The number of nitrogens with one attached hydrogen (secondary N) is 2. The molecule has 0 aliphatic rings. The molecule has 0 bridgehead atoms. The summed E-state index contributed by atoms with van der Waals surface area (Å²) in [5, 5.41) is -0.293. The summed E-state index contributed by atoms with van der Waals surface area (Å²) in [5.41, 5.74) is 4.19. The average Bonchev–Trinajstić information content (AvgIpc) is 3.82. The van der Waals surface area contributed by atoms with Crippen LogP contribution in [0.25, 0.3) is 32.3 Å². The first kappa shape index (κ1) is 35.5. The smallest absolute Gasteiger partial charge is 0.382 e. The van der Waals surface area contributed by atoms with Gasteiger partial charge in [-0.15, -0.1) is 11.3 Å². The summed E-state index contributed by atoms with van der Waals surface area (Å²) in [5.74, 6) is -0.838. The molecule has 2 atom stereocenters. The van der Waals surface area contributed by atoms with Gasteiger partial charge in [0.2, 0.25) is 0 Å². The van der Waals surface area contributed by atoms with Crippen LogP contribution < -0.4 is 0 Å². The van der Waals surface area contributed by atoms with Crippen LogP contribution in [-0.4, -0.2) is 59.3 Å². The predicted octanol–water partition coefficient (Wildman–Crippen LogP) is 9.73. The topological polar surface area (TPSA) is 140 Å². The van der Waals surface area contributed by atoms with Crippen molar-refractivity contribution in [2.24, 2.45) is 0 Å². The first-order valence-corrected chi connectivity index (χ1v) is 21.4. The molecule has 256 valence electrons. The van der Waals surface area contributed by atoms with Crippen LogP contribution in [0.4, 0.5) is 0 Å². The number of H-pyrrole nitrogens is 2. The van der Waals surface area contributed by atoms with Gasteiger partial charge in [-0.3, -0.25) is 9.59 Å². The molecular formula is C34H36N5O5PS4. The number of benzene rings is 3. The van der Waals surface area contributed by atoms with E-state index in [9.17, 15) is 14.2 Å². The number of aromatic nitrogens is 5. The van der Waals surface area contributed by atoms with Gasteiger partial charge >= 0.3 is 19.5 Å². The van der Waals surface area contributed by atoms with Crippen molar-refractivity contribution < 1.29 is 23.2 Å². The monoisotopic (exact) mass is 753 g/mol. The molecule has 49 heavy (non-hydrogen) atoms. The lowest BCUT2D eigenvalue weighted by Crippen LogP contribution is -2.24. The lowest BCUT2D eigenvalue weighted by atomic mass is 10.2. The Morgan fingerprint density at radius 1 is 0.755 bits per heavy atom. The lowest BCUT2D eigenvalue weighted by Gasteiger charge is -2.22. The summed E-state index contributed by atoms with van der Waals surface area (Å²) in [6.07, 6.45) is 2.56. The molecule has 0 aliphatic heterocycles. The molecule has 0 aliphatic carbocycles. The Labute approximate surface area is 300 Å². The van der Waals surface area contributed by atoms with Gasteiger partial charge in [-0.1, -0.05) is 98.4 Å². The van der Waals surface area contributed by atoms with Gasteiger partial charge in [0.15, 0.2) is 14.7 Å². The van der Waals surface area contributed by atoms with E-state index in [1.807, 2.05) is 86.6 Å². The minimum Gasteiger partial charge on any atom is -0.382 e. The maximum atomic E-state index is 14.4. The highest BCUT2D eigenvalue weighted by molar-refractivity contribution is 8.01. The van der Waals surface area contributed by atoms with Crippen molar-refractivity contribution in [3.05, 3.63) is 72.8 Å². The largest absolute Gasteiger partial charge is 0.435 e. The van der Waals surface area contributed by atoms with Crippen LogP contribution in [0.15, 0.2) is 87.4 Å². The number of imidazole rings is 2. The molecule has 6 rings (SSSR count). The van der Waals surface area contributed by atoms with Crippen molar-refractivity contribution in [1.29, 1.82) is 0 Å². The molecule has 0 saturated heterocycles. The minimum absolute atomic E-state index is 0.106. The van der Waals surface area contributed by atoms with E-state index in [1.165, 1.54) is 35.3 Å². The van der Waals surface area contributed by atoms with E-state index >= 15 is 0 Å². The zero-order valence-electron chi connectivity index (χ0n) is 27.0. The number of aromatic amines is 2. The van der Waals surface area contributed by atoms with Gasteiger partial charge in [0.05, 0.1) is 38.4 Å². The van der Waals surface area contributed by atoms with Crippen LogP contribution in [0.5, 0.6) is 0 Å². The number of carbonyl (C=O) groups is 2. The van der Waals surface area contributed by atoms with E-state index in [4.69, 9.17) is 9.05 Å². The normalized spacial score (nSPS) is 14.2. The highest BCUT2D eigenvalue weighted by atomic mass is 32.2. The summed E-state index contributed by atoms with van der Waals surface area (Å²) < 4.78 is 27.9. The van der Waals surface area contributed by atoms with Gasteiger partial charge < -0.3 is 19.0 Å². The maximum Gasteiger partial charge on any atom is 0.435 e. The Kier molecular flexibility index (Phi) is 12.0. The third-order valence-electron chi connectivity index (χ3n) is 7.40. The SMILES string of the molecule is CCCC(Sc1nc2ccccc2[nH]1)C(=O)OP(=O)(CCCSc1nc2ccccc2s1)OC(=O)C(CCC)Sc1nc2ccccc2[nH]1. The molecular weight excluding hydrogens is 718 g/mol. The summed E-state index contributed by atoms with van der Waals surface area (Å²) in [6.45, 7) is 3.92. The highest BCUT2D eigenvalue weighted by Crippen LogP contribution is 2.51. The molecule has 2 unspecified atom stereocenters. The second-order valence-corrected chi connectivity index (χ2v) is 18.0. The van der Waals surface area contributed by atoms with Crippen molar-refractivity contribution in [3.63, 3.8) is 0 Å². The number of hydrogen-bond acceptors (Lipinski definition) is 12. The summed E-state index contributed by atoms with van der Waals surface area (Å²) >= 11 is 5.57. The first-order valence-electron chi connectivity index (χ1n) is 16.1. The standard InChI is InChI=1S/C34H36N5O5PS4/c1-3-12-28(47-32-35-22-14-5-6-15-23(22)36-32)30(40)43-45(42,20-11-21-46-34-39-26-18-9-10-19-27(26)49-34)44-31(41)29(13-4-2)48-33-37-24-16-7-8-17-25(24)38-33/h5-10,14-19,28-29H,3-4,11-13,20-21H2,1-2H3,(H,35,36)(H,37,38). The van der Waals surface area contributed by atoms with Gasteiger partial charge in [0.1, 0.15) is 10.5 Å². The molecule has 3 heterocycles. The molecule has 10 nitrogen and oxygen atoms in total.